The lowest BCUT2D eigenvalue weighted by Gasteiger charge is -2.09. The van der Waals surface area contributed by atoms with E-state index in [2.05, 4.69) is 9.97 Å². The van der Waals surface area contributed by atoms with Crippen LogP contribution in [0.3, 0.4) is 0 Å². The zero-order chi connectivity index (χ0) is 19.1. The van der Waals surface area contributed by atoms with Crippen molar-refractivity contribution in [2.75, 3.05) is 0 Å². The first-order chi connectivity index (χ1) is 12.9. The van der Waals surface area contributed by atoms with Crippen molar-refractivity contribution in [1.82, 2.24) is 14.5 Å². The third kappa shape index (κ3) is 2.86. The molecular formula is C19H14N4O4. The lowest BCUT2D eigenvalue weighted by Crippen LogP contribution is -2.04. The summed E-state index contributed by atoms with van der Waals surface area (Å²) < 4.78 is 7.23. The summed E-state index contributed by atoms with van der Waals surface area (Å²) in [4.78, 5) is 31.1. The zero-order valence-corrected chi connectivity index (χ0v) is 14.5. The smallest absolute Gasteiger partial charge is 0.308 e. The fourth-order valence-corrected chi connectivity index (χ4v) is 3.08. The van der Waals surface area contributed by atoms with Crippen LogP contribution in [0, 0.1) is 10.1 Å². The second-order valence-corrected chi connectivity index (χ2v) is 6.09. The van der Waals surface area contributed by atoms with Crippen LogP contribution in [0.4, 0.5) is 5.69 Å². The summed E-state index contributed by atoms with van der Waals surface area (Å²) in [6, 6.07) is 9.72. The van der Waals surface area contributed by atoms with Crippen LogP contribution >= 0.6 is 0 Å². The Hall–Kier alpha value is -3.81. The number of nitrogens with zero attached hydrogens (tertiary/aromatic N) is 4. The van der Waals surface area contributed by atoms with Gasteiger partial charge in [0.15, 0.2) is 5.75 Å². The van der Waals surface area contributed by atoms with E-state index in [1.165, 1.54) is 19.1 Å². The summed E-state index contributed by atoms with van der Waals surface area (Å²) in [5.74, 6) is -0.256. The van der Waals surface area contributed by atoms with E-state index in [1.54, 1.807) is 18.3 Å². The van der Waals surface area contributed by atoms with Gasteiger partial charge < -0.3 is 9.30 Å². The van der Waals surface area contributed by atoms with E-state index in [-0.39, 0.29) is 11.4 Å². The lowest BCUT2D eigenvalue weighted by atomic mass is 10.1. The van der Waals surface area contributed by atoms with E-state index in [1.807, 2.05) is 29.9 Å². The van der Waals surface area contributed by atoms with E-state index in [9.17, 15) is 14.9 Å². The first kappa shape index (κ1) is 16.6. The second-order valence-electron chi connectivity index (χ2n) is 6.09. The number of rotatable bonds is 3. The van der Waals surface area contributed by atoms with Crippen LogP contribution in [-0.2, 0) is 11.8 Å². The van der Waals surface area contributed by atoms with Gasteiger partial charge in [0.2, 0.25) is 0 Å². The Kier molecular flexibility index (Phi) is 3.80. The van der Waals surface area contributed by atoms with E-state index >= 15 is 0 Å². The molecule has 0 aliphatic rings. The number of nitro benzene ring substituents is 1. The summed E-state index contributed by atoms with van der Waals surface area (Å²) in [6.07, 6.45) is 3.57. The zero-order valence-electron chi connectivity index (χ0n) is 14.5. The quantitative estimate of drug-likeness (QED) is 0.313. The van der Waals surface area contributed by atoms with Gasteiger partial charge in [-0.15, -0.1) is 0 Å². The molecule has 0 saturated carbocycles. The van der Waals surface area contributed by atoms with Crippen LogP contribution in [0.5, 0.6) is 5.75 Å². The molecule has 0 aliphatic carbocycles. The standard InChI is InChI=1S/C19H14N4O4/c1-11(24)27-17-9-12-8-13(23(25)26)5-6-16(12)21-18(17)15-10-22(2)19-14(15)4-3-7-20-19/h3-10H,1-2H3. The summed E-state index contributed by atoms with van der Waals surface area (Å²) in [7, 11) is 1.87. The van der Waals surface area contributed by atoms with Gasteiger partial charge in [0.05, 0.1) is 10.4 Å². The maximum Gasteiger partial charge on any atom is 0.308 e. The number of carbonyl (C=O) groups is 1. The van der Waals surface area contributed by atoms with Crippen LogP contribution in [0.1, 0.15) is 6.92 Å². The van der Waals surface area contributed by atoms with E-state index in [0.29, 0.717) is 16.6 Å². The molecule has 0 saturated heterocycles. The Morgan fingerprint density at radius 1 is 1.26 bits per heavy atom. The average molecular weight is 362 g/mol. The van der Waals surface area contributed by atoms with E-state index in [0.717, 1.165) is 16.6 Å². The van der Waals surface area contributed by atoms with Crippen LogP contribution in [0.25, 0.3) is 33.2 Å². The van der Waals surface area contributed by atoms with Crippen molar-refractivity contribution < 1.29 is 14.5 Å². The van der Waals surface area contributed by atoms with Crippen LogP contribution in [0.2, 0.25) is 0 Å². The maximum absolute atomic E-state index is 11.6. The van der Waals surface area contributed by atoms with Crippen LogP contribution < -0.4 is 4.74 Å². The highest BCUT2D eigenvalue weighted by molar-refractivity contribution is 5.97. The molecule has 0 bridgehead atoms. The molecule has 27 heavy (non-hydrogen) atoms. The third-order valence-corrected chi connectivity index (χ3v) is 4.22. The van der Waals surface area contributed by atoms with E-state index in [4.69, 9.17) is 4.74 Å². The predicted molar refractivity (Wildman–Crippen MR) is 99.4 cm³/mol. The van der Waals surface area contributed by atoms with Gasteiger partial charge in [-0.25, -0.2) is 9.97 Å². The summed E-state index contributed by atoms with van der Waals surface area (Å²) in [6.45, 7) is 1.30. The molecule has 0 N–H and O–H groups in total. The SMILES string of the molecule is CC(=O)Oc1cc2cc([N+](=O)[O-])ccc2nc1-c1cn(C)c2ncccc12. The normalized spacial score (nSPS) is 11.0. The molecule has 3 heterocycles. The van der Waals surface area contributed by atoms with Gasteiger partial charge in [0.1, 0.15) is 11.3 Å². The molecule has 0 aliphatic heterocycles. The van der Waals surface area contributed by atoms with Gasteiger partial charge in [0, 0.05) is 54.8 Å². The fraction of sp³-hybridized carbons (Fsp3) is 0.105. The van der Waals surface area contributed by atoms with Gasteiger partial charge in [-0.2, -0.15) is 0 Å². The first-order valence-corrected chi connectivity index (χ1v) is 8.12. The van der Waals surface area contributed by atoms with Crippen molar-refractivity contribution in [3.8, 4) is 17.0 Å². The monoisotopic (exact) mass is 362 g/mol. The van der Waals surface area contributed by atoms with Gasteiger partial charge in [-0.3, -0.25) is 14.9 Å². The molecular weight excluding hydrogens is 348 g/mol. The molecule has 0 unspecified atom stereocenters. The average Bonchev–Trinajstić information content (AvgIpc) is 2.97. The fourth-order valence-electron chi connectivity index (χ4n) is 3.08. The highest BCUT2D eigenvalue weighted by Crippen LogP contribution is 2.37. The molecule has 4 rings (SSSR count). The Balaban J connectivity index is 2.01. The van der Waals surface area contributed by atoms with E-state index < -0.39 is 10.9 Å². The van der Waals surface area contributed by atoms with Crippen molar-refractivity contribution in [3.63, 3.8) is 0 Å². The number of fused-ring (bicyclic) bond motifs is 2. The number of pyridine rings is 2. The molecule has 8 nitrogen and oxygen atoms in total. The number of nitro groups is 1. The van der Waals surface area contributed by atoms with Crippen molar-refractivity contribution in [2.24, 2.45) is 7.05 Å². The number of carbonyl (C=O) groups excluding carboxylic acids is 1. The molecule has 0 atom stereocenters. The predicted octanol–water partition coefficient (Wildman–Crippen LogP) is 3.62. The minimum atomic E-state index is -0.499. The molecule has 1 aromatic carbocycles. The van der Waals surface area contributed by atoms with Gasteiger partial charge in [-0.05, 0) is 24.3 Å². The molecule has 0 fully saturated rings. The third-order valence-electron chi connectivity index (χ3n) is 4.22. The van der Waals surface area contributed by atoms with Gasteiger partial charge >= 0.3 is 5.97 Å². The highest BCUT2D eigenvalue weighted by Gasteiger charge is 2.18. The number of ether oxygens (including phenoxy) is 1. The Morgan fingerprint density at radius 3 is 2.81 bits per heavy atom. The largest absolute Gasteiger partial charge is 0.424 e. The van der Waals surface area contributed by atoms with Gasteiger partial charge in [-0.1, -0.05) is 0 Å². The Bertz CT molecular complexity index is 1230. The van der Waals surface area contributed by atoms with Crippen molar-refractivity contribution >= 4 is 33.6 Å². The first-order valence-electron chi connectivity index (χ1n) is 8.12. The summed E-state index contributed by atoms with van der Waals surface area (Å²) in [5.41, 5.74) is 2.52. The number of aryl methyl sites for hydroxylation is 1. The molecule has 4 aromatic rings. The highest BCUT2D eigenvalue weighted by atomic mass is 16.6. The molecule has 0 amide bonds. The number of non-ortho nitro benzene ring substituents is 1. The number of esters is 1. The number of hydrogen-bond donors (Lipinski definition) is 0. The molecule has 3 aromatic heterocycles. The Labute approximate surface area is 153 Å². The number of aromatic nitrogens is 3. The minimum Gasteiger partial charge on any atom is -0.424 e. The maximum atomic E-state index is 11.6. The second kappa shape index (κ2) is 6.17. The molecule has 8 heteroatoms. The minimum absolute atomic E-state index is 0.0554. The van der Waals surface area contributed by atoms with Gasteiger partial charge in [0.25, 0.3) is 5.69 Å². The summed E-state index contributed by atoms with van der Waals surface area (Å²) >= 11 is 0. The number of benzene rings is 1. The van der Waals surface area contributed by atoms with Crippen LogP contribution in [-0.4, -0.2) is 25.4 Å². The topological polar surface area (TPSA) is 100 Å². The number of hydrogen-bond acceptors (Lipinski definition) is 6. The van der Waals surface area contributed by atoms with Crippen molar-refractivity contribution in [2.45, 2.75) is 6.92 Å². The van der Waals surface area contributed by atoms with Crippen LogP contribution in [0.15, 0.2) is 48.8 Å². The summed E-state index contributed by atoms with van der Waals surface area (Å²) in [5, 5.41) is 12.4. The van der Waals surface area contributed by atoms with Crippen molar-refractivity contribution in [1.29, 1.82) is 0 Å². The lowest BCUT2D eigenvalue weighted by molar-refractivity contribution is -0.384. The molecule has 134 valence electrons. The molecule has 0 radical (unpaired) electrons. The Morgan fingerprint density at radius 2 is 2.07 bits per heavy atom. The molecule has 0 spiro atoms. The van der Waals surface area contributed by atoms with Crippen molar-refractivity contribution in [3.05, 3.63) is 58.9 Å².